The highest BCUT2D eigenvalue weighted by molar-refractivity contribution is 5.99. The number of benzene rings is 1. The molecule has 0 radical (unpaired) electrons. The number of hydrazine groups is 1. The zero-order valence-electron chi connectivity index (χ0n) is 11.0. The van der Waals surface area contributed by atoms with Crippen LogP contribution in [-0.2, 0) is 9.59 Å². The number of carbonyl (C=O) groups excluding carboxylic acids is 2. The third-order valence-electron chi connectivity index (χ3n) is 3.90. The van der Waals surface area contributed by atoms with Gasteiger partial charge >= 0.3 is 0 Å². The molecule has 2 fully saturated rings. The molecular weight excluding hydrogens is 244 g/mol. The van der Waals surface area contributed by atoms with Gasteiger partial charge in [-0.2, -0.15) is 0 Å². The van der Waals surface area contributed by atoms with E-state index in [2.05, 4.69) is 0 Å². The van der Waals surface area contributed by atoms with Crippen molar-refractivity contribution in [3.05, 3.63) is 29.8 Å². The normalized spacial score (nSPS) is 26.9. The molecule has 2 aliphatic heterocycles. The van der Waals surface area contributed by atoms with Crippen molar-refractivity contribution in [2.24, 2.45) is 5.92 Å². The number of carbonyl (C=O) groups is 2. The van der Waals surface area contributed by atoms with Gasteiger partial charge in [-0.3, -0.25) is 9.59 Å². The summed E-state index contributed by atoms with van der Waals surface area (Å²) in [5.41, 5.74) is 1.04. The summed E-state index contributed by atoms with van der Waals surface area (Å²) in [5.74, 6) is 0.406. The van der Waals surface area contributed by atoms with Crippen LogP contribution in [-0.4, -0.2) is 35.5 Å². The largest absolute Gasteiger partial charge is 0.497 e. The van der Waals surface area contributed by atoms with Crippen LogP contribution in [0.5, 0.6) is 5.75 Å². The molecule has 0 N–H and O–H groups in total. The summed E-state index contributed by atoms with van der Waals surface area (Å²) < 4.78 is 5.14. The van der Waals surface area contributed by atoms with Crippen LogP contribution in [0.4, 0.5) is 0 Å². The topological polar surface area (TPSA) is 49.9 Å². The molecular formula is C14H16N2O3. The zero-order valence-corrected chi connectivity index (χ0v) is 11.0. The van der Waals surface area contributed by atoms with E-state index >= 15 is 0 Å². The quantitative estimate of drug-likeness (QED) is 0.753. The summed E-state index contributed by atoms with van der Waals surface area (Å²) in [6, 6.07) is 7.63. The number of ether oxygens (including phenoxy) is 1. The van der Waals surface area contributed by atoms with Gasteiger partial charge < -0.3 is 4.74 Å². The van der Waals surface area contributed by atoms with E-state index in [1.54, 1.807) is 7.11 Å². The lowest BCUT2D eigenvalue weighted by Gasteiger charge is -2.24. The fourth-order valence-electron chi connectivity index (χ4n) is 2.92. The number of fused-ring (bicyclic) bond motifs is 1. The second-order valence-corrected chi connectivity index (χ2v) is 4.96. The second-order valence-electron chi connectivity index (χ2n) is 4.96. The van der Waals surface area contributed by atoms with Crippen molar-refractivity contribution in [3.63, 3.8) is 0 Å². The molecule has 0 unspecified atom stereocenters. The summed E-state index contributed by atoms with van der Waals surface area (Å²) in [7, 11) is 1.62. The number of imide groups is 1. The van der Waals surface area contributed by atoms with Crippen molar-refractivity contribution in [2.45, 2.75) is 19.4 Å². The molecule has 100 valence electrons. The fourth-order valence-corrected chi connectivity index (χ4v) is 2.92. The first-order valence-electron chi connectivity index (χ1n) is 6.41. The minimum atomic E-state index is -0.197. The molecule has 2 saturated heterocycles. The maximum absolute atomic E-state index is 12.1. The Labute approximate surface area is 111 Å². The number of methoxy groups -OCH3 is 1. The molecule has 2 heterocycles. The summed E-state index contributed by atoms with van der Waals surface area (Å²) in [6.45, 7) is 2.49. The van der Waals surface area contributed by atoms with Crippen LogP contribution in [0.25, 0.3) is 0 Å². The molecule has 2 aliphatic rings. The second kappa shape index (κ2) is 4.35. The molecule has 0 saturated carbocycles. The molecule has 3 rings (SSSR count). The Morgan fingerprint density at radius 3 is 2.53 bits per heavy atom. The minimum Gasteiger partial charge on any atom is -0.497 e. The summed E-state index contributed by atoms with van der Waals surface area (Å²) >= 11 is 0. The van der Waals surface area contributed by atoms with Crippen LogP contribution >= 0.6 is 0 Å². The van der Waals surface area contributed by atoms with Crippen LogP contribution < -0.4 is 4.74 Å². The highest BCUT2D eigenvalue weighted by Gasteiger charge is 2.50. The van der Waals surface area contributed by atoms with E-state index < -0.39 is 0 Å². The Morgan fingerprint density at radius 1 is 1.21 bits per heavy atom. The first kappa shape index (κ1) is 12.2. The number of hydrogen-bond donors (Lipinski definition) is 0. The number of hydrogen-bond acceptors (Lipinski definition) is 4. The average molecular weight is 260 g/mol. The lowest BCUT2D eigenvalue weighted by molar-refractivity contribution is -0.149. The molecule has 1 aromatic rings. The molecule has 1 aromatic carbocycles. The Morgan fingerprint density at radius 2 is 1.89 bits per heavy atom. The first-order valence-corrected chi connectivity index (χ1v) is 6.41. The van der Waals surface area contributed by atoms with Crippen LogP contribution in [0.15, 0.2) is 24.3 Å². The van der Waals surface area contributed by atoms with Gasteiger partial charge in [0, 0.05) is 13.0 Å². The number of rotatable bonds is 2. The third kappa shape index (κ3) is 1.73. The van der Waals surface area contributed by atoms with Gasteiger partial charge in [-0.25, -0.2) is 10.0 Å². The highest BCUT2D eigenvalue weighted by atomic mass is 16.5. The predicted octanol–water partition coefficient (Wildman–Crippen LogP) is 1.36. The van der Waals surface area contributed by atoms with Crippen molar-refractivity contribution in [2.75, 3.05) is 13.7 Å². The molecule has 5 nitrogen and oxygen atoms in total. The van der Waals surface area contributed by atoms with Crippen molar-refractivity contribution in [3.8, 4) is 5.75 Å². The number of amides is 2. The van der Waals surface area contributed by atoms with Crippen molar-refractivity contribution in [1.82, 2.24) is 10.0 Å². The van der Waals surface area contributed by atoms with Crippen LogP contribution in [0.3, 0.4) is 0 Å². The van der Waals surface area contributed by atoms with E-state index in [4.69, 9.17) is 4.74 Å². The standard InChI is InChI=1S/C14H16N2O3/c1-9-13(10-3-5-11(19-2)6-4-10)15-8-7-12(17)16(15)14(9)18/h3-6,9,13H,7-8H2,1-2H3/t9-,13+/m0/s1. The van der Waals surface area contributed by atoms with Gasteiger partial charge in [-0.15, -0.1) is 0 Å². The maximum Gasteiger partial charge on any atom is 0.248 e. The van der Waals surface area contributed by atoms with Gasteiger partial charge in [0.05, 0.1) is 19.1 Å². The molecule has 0 spiro atoms. The van der Waals surface area contributed by atoms with Crippen LogP contribution in [0.2, 0.25) is 0 Å². The Kier molecular flexibility index (Phi) is 2.78. The smallest absolute Gasteiger partial charge is 0.248 e. The SMILES string of the molecule is COc1ccc([C@H]2[C@H](C)C(=O)N3C(=O)CCN23)cc1. The maximum atomic E-state index is 12.1. The summed E-state index contributed by atoms with van der Waals surface area (Å²) in [5, 5.41) is 3.21. The van der Waals surface area contributed by atoms with Gasteiger partial charge in [0.1, 0.15) is 5.75 Å². The molecule has 0 bridgehead atoms. The Hall–Kier alpha value is -1.88. The van der Waals surface area contributed by atoms with E-state index in [-0.39, 0.29) is 23.8 Å². The first-order chi connectivity index (χ1) is 9.13. The monoisotopic (exact) mass is 260 g/mol. The van der Waals surface area contributed by atoms with E-state index in [9.17, 15) is 9.59 Å². The highest BCUT2D eigenvalue weighted by Crippen LogP contribution is 2.40. The van der Waals surface area contributed by atoms with Crippen LogP contribution in [0.1, 0.15) is 24.9 Å². The third-order valence-corrected chi connectivity index (χ3v) is 3.90. The number of nitrogens with zero attached hydrogens (tertiary/aromatic N) is 2. The van der Waals surface area contributed by atoms with Gasteiger partial charge in [0.2, 0.25) is 11.8 Å². The molecule has 2 amide bonds. The van der Waals surface area contributed by atoms with Crippen molar-refractivity contribution < 1.29 is 14.3 Å². The van der Waals surface area contributed by atoms with Gasteiger partial charge in [-0.1, -0.05) is 19.1 Å². The zero-order chi connectivity index (χ0) is 13.6. The Bertz CT molecular complexity index is 526. The van der Waals surface area contributed by atoms with Gasteiger partial charge in [-0.05, 0) is 17.7 Å². The lowest BCUT2D eigenvalue weighted by atomic mass is 9.95. The van der Waals surface area contributed by atoms with Crippen molar-refractivity contribution >= 4 is 11.8 Å². The van der Waals surface area contributed by atoms with Gasteiger partial charge in [0.15, 0.2) is 0 Å². The minimum absolute atomic E-state index is 0.0511. The summed E-state index contributed by atoms with van der Waals surface area (Å²) in [6.07, 6.45) is 0.422. The van der Waals surface area contributed by atoms with E-state index in [1.807, 2.05) is 36.2 Å². The average Bonchev–Trinajstić information content (AvgIpc) is 2.91. The summed E-state index contributed by atoms with van der Waals surface area (Å²) in [4.78, 5) is 23.9. The molecule has 2 atom stereocenters. The van der Waals surface area contributed by atoms with Crippen molar-refractivity contribution in [1.29, 1.82) is 0 Å². The van der Waals surface area contributed by atoms with E-state index in [1.165, 1.54) is 5.01 Å². The Balaban J connectivity index is 1.95. The molecule has 5 heteroatoms. The van der Waals surface area contributed by atoms with Gasteiger partial charge in [0.25, 0.3) is 0 Å². The predicted molar refractivity (Wildman–Crippen MR) is 68.1 cm³/mol. The lowest BCUT2D eigenvalue weighted by Crippen LogP contribution is -2.36. The van der Waals surface area contributed by atoms with E-state index in [0.717, 1.165) is 11.3 Å². The molecule has 19 heavy (non-hydrogen) atoms. The van der Waals surface area contributed by atoms with Crippen LogP contribution in [0, 0.1) is 5.92 Å². The van der Waals surface area contributed by atoms with E-state index in [0.29, 0.717) is 13.0 Å². The molecule has 0 aromatic heterocycles. The molecule has 0 aliphatic carbocycles. The fraction of sp³-hybridized carbons (Fsp3) is 0.429.